The summed E-state index contributed by atoms with van der Waals surface area (Å²) >= 11 is 0. The molecule has 1 aliphatic rings. The second kappa shape index (κ2) is 6.20. The molecule has 5 nitrogen and oxygen atoms in total. The summed E-state index contributed by atoms with van der Waals surface area (Å²) in [7, 11) is -1.60. The molecule has 122 valence electrons. The van der Waals surface area contributed by atoms with E-state index in [0.717, 1.165) is 29.4 Å². The molecule has 0 saturated carbocycles. The Morgan fingerprint density at radius 3 is 2.64 bits per heavy atom. The van der Waals surface area contributed by atoms with Gasteiger partial charge < -0.3 is 10.3 Å². The fourth-order valence-electron chi connectivity index (χ4n) is 3.13. The van der Waals surface area contributed by atoms with Crippen LogP contribution in [-0.2, 0) is 17.1 Å². The van der Waals surface area contributed by atoms with Gasteiger partial charge in [0.2, 0.25) is 10.0 Å². The average molecular weight is 344 g/mol. The number of sulfonamides is 1. The van der Waals surface area contributed by atoms with Crippen molar-refractivity contribution in [1.29, 1.82) is 0 Å². The molecular formula is C15H22ClN3O2S. The van der Waals surface area contributed by atoms with E-state index in [1.165, 1.54) is 4.31 Å². The van der Waals surface area contributed by atoms with Crippen molar-refractivity contribution in [3.05, 3.63) is 30.0 Å². The number of para-hydroxylation sites is 1. The van der Waals surface area contributed by atoms with E-state index in [9.17, 15) is 8.42 Å². The summed E-state index contributed by atoms with van der Waals surface area (Å²) in [5, 5.41) is 0.789. The van der Waals surface area contributed by atoms with Crippen LogP contribution >= 0.6 is 12.4 Å². The number of hydrogen-bond donors (Lipinski definition) is 1. The van der Waals surface area contributed by atoms with E-state index in [1.807, 2.05) is 42.8 Å². The number of piperidine rings is 1. The number of nitrogens with two attached hydrogens (primary N) is 1. The van der Waals surface area contributed by atoms with Crippen molar-refractivity contribution < 1.29 is 8.42 Å². The predicted molar refractivity (Wildman–Crippen MR) is 90.9 cm³/mol. The minimum atomic E-state index is -3.50. The lowest BCUT2D eigenvalue weighted by atomic mass is 10.1. The number of rotatable bonds is 2. The zero-order chi connectivity index (χ0) is 15.2. The van der Waals surface area contributed by atoms with Crippen LogP contribution in [0.15, 0.2) is 29.2 Å². The molecule has 1 aromatic heterocycles. The zero-order valence-corrected chi connectivity index (χ0v) is 14.5. The zero-order valence-electron chi connectivity index (χ0n) is 12.8. The Bertz CT molecular complexity index is 785. The smallest absolute Gasteiger partial charge is 0.245 e. The summed E-state index contributed by atoms with van der Waals surface area (Å²) in [5.74, 6) is 0. The molecule has 2 aromatic rings. The second-order valence-electron chi connectivity index (χ2n) is 5.76. The molecule has 7 heteroatoms. The average Bonchev–Trinajstić information content (AvgIpc) is 2.72. The lowest BCUT2D eigenvalue weighted by Crippen LogP contribution is -2.45. The van der Waals surface area contributed by atoms with Gasteiger partial charge in [-0.2, -0.15) is 4.31 Å². The van der Waals surface area contributed by atoms with E-state index in [0.29, 0.717) is 18.0 Å². The van der Waals surface area contributed by atoms with Crippen molar-refractivity contribution in [3.63, 3.8) is 0 Å². The van der Waals surface area contributed by atoms with Crippen LogP contribution in [0.4, 0.5) is 0 Å². The van der Waals surface area contributed by atoms with E-state index in [2.05, 4.69) is 0 Å². The highest BCUT2D eigenvalue weighted by molar-refractivity contribution is 7.89. The summed E-state index contributed by atoms with van der Waals surface area (Å²) in [4.78, 5) is 0.426. The SMILES string of the molecule is Cc1c(S(=O)(=O)N2CCC[C@@H](N)C2)c2ccccc2n1C.Cl. The van der Waals surface area contributed by atoms with Gasteiger partial charge in [0.1, 0.15) is 4.90 Å². The van der Waals surface area contributed by atoms with Gasteiger partial charge in [0.25, 0.3) is 0 Å². The molecule has 0 bridgehead atoms. The molecule has 0 spiro atoms. The number of fused-ring (bicyclic) bond motifs is 1. The van der Waals surface area contributed by atoms with E-state index in [-0.39, 0.29) is 18.4 Å². The lowest BCUT2D eigenvalue weighted by Gasteiger charge is -2.30. The standard InChI is InChI=1S/C15H21N3O2S.ClH/c1-11-15(13-7-3-4-8-14(13)17(11)2)21(19,20)18-9-5-6-12(16)10-18;/h3-4,7-8,12H,5-6,9-10,16H2,1-2H3;1H/t12-;/m1./s1. The molecule has 2 heterocycles. The largest absolute Gasteiger partial charge is 0.347 e. The van der Waals surface area contributed by atoms with Crippen molar-refractivity contribution >= 4 is 33.3 Å². The fourth-order valence-corrected chi connectivity index (χ4v) is 5.11. The quantitative estimate of drug-likeness (QED) is 0.907. The maximum atomic E-state index is 13.0. The van der Waals surface area contributed by atoms with Crippen molar-refractivity contribution in [2.75, 3.05) is 13.1 Å². The third-order valence-corrected chi connectivity index (χ3v) is 6.40. The van der Waals surface area contributed by atoms with Gasteiger partial charge in [-0.3, -0.25) is 0 Å². The van der Waals surface area contributed by atoms with Crippen LogP contribution < -0.4 is 5.73 Å². The van der Waals surface area contributed by atoms with Gasteiger partial charge in [-0.25, -0.2) is 8.42 Å². The molecule has 0 amide bonds. The predicted octanol–water partition coefficient (Wildman–Crippen LogP) is 2.02. The van der Waals surface area contributed by atoms with Gasteiger partial charge in [-0.15, -0.1) is 12.4 Å². The number of halogens is 1. The molecule has 1 fully saturated rings. The van der Waals surface area contributed by atoms with Crippen LogP contribution in [0, 0.1) is 6.92 Å². The number of nitrogens with zero attached hydrogens (tertiary/aromatic N) is 2. The van der Waals surface area contributed by atoms with Crippen LogP contribution in [0.1, 0.15) is 18.5 Å². The van der Waals surface area contributed by atoms with Gasteiger partial charge in [-0.1, -0.05) is 18.2 Å². The van der Waals surface area contributed by atoms with Gasteiger partial charge >= 0.3 is 0 Å². The Kier molecular flexibility index (Phi) is 4.87. The highest BCUT2D eigenvalue weighted by Crippen LogP contribution is 2.32. The summed E-state index contributed by atoms with van der Waals surface area (Å²) in [6, 6.07) is 7.56. The maximum Gasteiger partial charge on any atom is 0.245 e. The van der Waals surface area contributed by atoms with E-state index < -0.39 is 10.0 Å². The minimum absolute atomic E-state index is 0. The van der Waals surface area contributed by atoms with Crippen molar-refractivity contribution in [1.82, 2.24) is 8.87 Å². The fraction of sp³-hybridized carbons (Fsp3) is 0.467. The molecule has 0 aliphatic carbocycles. The maximum absolute atomic E-state index is 13.0. The summed E-state index contributed by atoms with van der Waals surface area (Å²) in [6.07, 6.45) is 1.71. The first-order valence-electron chi connectivity index (χ1n) is 7.22. The van der Waals surface area contributed by atoms with Crippen molar-refractivity contribution in [2.45, 2.75) is 30.7 Å². The summed E-state index contributed by atoms with van der Waals surface area (Å²) < 4.78 is 29.6. The van der Waals surface area contributed by atoms with E-state index in [1.54, 1.807) is 0 Å². The first kappa shape index (κ1) is 17.3. The Balaban J connectivity index is 0.00000176. The topological polar surface area (TPSA) is 68.3 Å². The van der Waals surface area contributed by atoms with E-state index >= 15 is 0 Å². The van der Waals surface area contributed by atoms with Crippen molar-refractivity contribution in [3.8, 4) is 0 Å². The molecule has 1 saturated heterocycles. The van der Waals surface area contributed by atoms with Gasteiger partial charge in [0.05, 0.1) is 0 Å². The van der Waals surface area contributed by atoms with E-state index in [4.69, 9.17) is 5.73 Å². The third-order valence-electron chi connectivity index (χ3n) is 4.36. The van der Waals surface area contributed by atoms with Crippen LogP contribution in [0.3, 0.4) is 0 Å². The molecular weight excluding hydrogens is 322 g/mol. The normalized spacial score (nSPS) is 20.0. The first-order chi connectivity index (χ1) is 9.93. The molecule has 2 N–H and O–H groups in total. The molecule has 1 aromatic carbocycles. The Labute approximate surface area is 137 Å². The summed E-state index contributed by atoms with van der Waals surface area (Å²) in [6.45, 7) is 2.82. The molecule has 1 aliphatic heterocycles. The second-order valence-corrected chi connectivity index (χ2v) is 7.63. The van der Waals surface area contributed by atoms with Gasteiger partial charge in [0, 0.05) is 42.8 Å². The minimum Gasteiger partial charge on any atom is -0.347 e. The molecule has 0 radical (unpaired) electrons. The van der Waals surface area contributed by atoms with Crippen LogP contribution in [0.2, 0.25) is 0 Å². The van der Waals surface area contributed by atoms with Crippen LogP contribution in [0.25, 0.3) is 10.9 Å². The Morgan fingerprint density at radius 2 is 1.95 bits per heavy atom. The highest BCUT2D eigenvalue weighted by Gasteiger charge is 2.32. The Morgan fingerprint density at radius 1 is 1.27 bits per heavy atom. The number of benzene rings is 1. The van der Waals surface area contributed by atoms with Crippen LogP contribution in [-0.4, -0.2) is 36.4 Å². The number of aromatic nitrogens is 1. The molecule has 22 heavy (non-hydrogen) atoms. The third kappa shape index (κ3) is 2.65. The number of hydrogen-bond acceptors (Lipinski definition) is 3. The molecule has 0 unspecified atom stereocenters. The number of aryl methyl sites for hydroxylation is 1. The van der Waals surface area contributed by atoms with Crippen LogP contribution in [0.5, 0.6) is 0 Å². The molecule has 3 rings (SSSR count). The molecule has 1 atom stereocenters. The van der Waals surface area contributed by atoms with Gasteiger partial charge in [0.15, 0.2) is 0 Å². The highest BCUT2D eigenvalue weighted by atomic mass is 35.5. The van der Waals surface area contributed by atoms with Gasteiger partial charge in [-0.05, 0) is 25.8 Å². The van der Waals surface area contributed by atoms with Crippen molar-refractivity contribution in [2.24, 2.45) is 12.8 Å². The Hall–Kier alpha value is -1.08. The monoisotopic (exact) mass is 343 g/mol. The first-order valence-corrected chi connectivity index (χ1v) is 8.66. The summed E-state index contributed by atoms with van der Waals surface area (Å²) in [5.41, 5.74) is 7.66. The lowest BCUT2D eigenvalue weighted by molar-refractivity contribution is 0.316.